The van der Waals surface area contributed by atoms with E-state index in [4.69, 9.17) is 0 Å². The molecule has 2 heteroatoms. The molecule has 0 saturated carbocycles. The lowest BCUT2D eigenvalue weighted by molar-refractivity contribution is 1.18. The van der Waals surface area contributed by atoms with E-state index in [1.807, 2.05) is 6.08 Å². The van der Waals surface area contributed by atoms with Crippen LogP contribution in [0.15, 0.2) is 195 Å². The van der Waals surface area contributed by atoms with Gasteiger partial charge in [0.05, 0.1) is 22.1 Å². The molecule has 51 heavy (non-hydrogen) atoms. The minimum atomic E-state index is 1.11. The van der Waals surface area contributed by atoms with E-state index in [9.17, 15) is 0 Å². The Balaban J connectivity index is 1.46. The van der Waals surface area contributed by atoms with E-state index >= 15 is 0 Å². The van der Waals surface area contributed by atoms with Crippen molar-refractivity contribution in [3.05, 3.63) is 200 Å². The van der Waals surface area contributed by atoms with Crippen molar-refractivity contribution in [3.63, 3.8) is 0 Å². The molecule has 0 aliphatic carbocycles. The van der Waals surface area contributed by atoms with Gasteiger partial charge in [-0.25, -0.2) is 0 Å². The quantitative estimate of drug-likeness (QED) is 0.152. The van der Waals surface area contributed by atoms with Gasteiger partial charge in [0.2, 0.25) is 0 Å². The number of hydrogen-bond donors (Lipinski definition) is 0. The molecule has 0 bridgehead atoms. The number of rotatable bonds is 7. The summed E-state index contributed by atoms with van der Waals surface area (Å²) in [6.45, 7) is 6.21. The van der Waals surface area contributed by atoms with Crippen molar-refractivity contribution < 1.29 is 0 Å². The molecule has 7 aromatic carbocycles. The average molecular weight is 653 g/mol. The Kier molecular flexibility index (Phi) is 7.56. The summed E-state index contributed by atoms with van der Waals surface area (Å²) in [5, 5.41) is 4.91. The monoisotopic (exact) mass is 652 g/mol. The van der Waals surface area contributed by atoms with E-state index in [2.05, 4.69) is 205 Å². The van der Waals surface area contributed by atoms with Gasteiger partial charge in [0.25, 0.3) is 0 Å². The van der Waals surface area contributed by atoms with E-state index in [1.165, 1.54) is 65.9 Å². The first-order valence-corrected chi connectivity index (χ1v) is 17.5. The molecule has 242 valence electrons. The van der Waals surface area contributed by atoms with E-state index in [0.29, 0.717) is 0 Å². The zero-order chi connectivity index (χ0) is 34.3. The van der Waals surface area contributed by atoms with E-state index < -0.39 is 0 Å². The van der Waals surface area contributed by atoms with Crippen LogP contribution in [-0.4, -0.2) is 9.13 Å². The highest BCUT2D eigenvalue weighted by atomic mass is 15.0. The van der Waals surface area contributed by atoms with Crippen LogP contribution in [0.3, 0.4) is 0 Å². The Bertz CT molecular complexity index is 2790. The lowest BCUT2D eigenvalue weighted by Crippen LogP contribution is -1.97. The normalized spacial score (nSPS) is 12.1. The minimum absolute atomic E-state index is 1.11. The molecule has 0 atom stereocenters. The van der Waals surface area contributed by atoms with Gasteiger partial charge in [0.15, 0.2) is 0 Å². The zero-order valence-electron chi connectivity index (χ0n) is 28.5. The topological polar surface area (TPSA) is 9.86 Å². The second-order valence-corrected chi connectivity index (χ2v) is 12.9. The van der Waals surface area contributed by atoms with E-state index in [0.717, 1.165) is 22.5 Å². The third-order valence-corrected chi connectivity index (χ3v) is 9.98. The maximum Gasteiger partial charge on any atom is 0.0547 e. The summed E-state index contributed by atoms with van der Waals surface area (Å²) in [4.78, 5) is 0. The molecule has 0 spiro atoms. The van der Waals surface area contributed by atoms with Crippen molar-refractivity contribution in [2.45, 2.75) is 6.92 Å². The molecule has 0 aliphatic heterocycles. The van der Waals surface area contributed by atoms with Crippen molar-refractivity contribution in [1.29, 1.82) is 0 Å². The van der Waals surface area contributed by atoms with Crippen molar-refractivity contribution in [2.75, 3.05) is 0 Å². The van der Waals surface area contributed by atoms with Gasteiger partial charge in [-0.15, -0.1) is 0 Å². The van der Waals surface area contributed by atoms with Crippen LogP contribution in [0.2, 0.25) is 0 Å². The molecule has 0 saturated heterocycles. The lowest BCUT2D eigenvalue weighted by Gasteiger charge is -2.18. The first-order valence-electron chi connectivity index (χ1n) is 17.5. The van der Waals surface area contributed by atoms with Gasteiger partial charge in [-0.3, -0.25) is 0 Å². The summed E-state index contributed by atoms with van der Waals surface area (Å²) in [5.74, 6) is 0. The average Bonchev–Trinajstić information content (AvgIpc) is 3.69. The Labute approximate surface area is 298 Å². The fourth-order valence-corrected chi connectivity index (χ4v) is 7.82. The molecule has 2 heterocycles. The summed E-state index contributed by atoms with van der Waals surface area (Å²) in [6, 6.07) is 59.4. The SMILES string of the molecule is C=C/C=C(\C=C/C)c1cc2c(cc1-c1cc3c4ccccc4n(-c4ccccc4)c3cc1-c1ccccc1)c1ccccc1n2-c1ccccc1. The Hall–Kier alpha value is -6.64. The molecule has 2 aromatic heterocycles. The molecular weight excluding hydrogens is 617 g/mol. The van der Waals surface area contributed by atoms with Gasteiger partial charge < -0.3 is 9.13 Å². The van der Waals surface area contributed by atoms with Crippen LogP contribution >= 0.6 is 0 Å². The molecule has 0 radical (unpaired) electrons. The molecular formula is C49H36N2. The maximum atomic E-state index is 4.13. The summed E-state index contributed by atoms with van der Waals surface area (Å²) in [5.41, 5.74) is 14.0. The molecule has 9 rings (SSSR count). The van der Waals surface area contributed by atoms with Gasteiger partial charge >= 0.3 is 0 Å². The van der Waals surface area contributed by atoms with Crippen molar-refractivity contribution in [2.24, 2.45) is 0 Å². The van der Waals surface area contributed by atoms with Gasteiger partial charge in [-0.1, -0.05) is 134 Å². The predicted molar refractivity (Wildman–Crippen MR) is 219 cm³/mol. The van der Waals surface area contributed by atoms with Gasteiger partial charge in [0, 0.05) is 32.9 Å². The number of nitrogens with zero attached hydrogens (tertiary/aromatic N) is 2. The zero-order valence-corrected chi connectivity index (χ0v) is 28.5. The molecule has 0 aliphatic rings. The second kappa shape index (κ2) is 12.7. The van der Waals surface area contributed by atoms with Crippen LogP contribution in [0.5, 0.6) is 0 Å². The van der Waals surface area contributed by atoms with Crippen molar-refractivity contribution in [1.82, 2.24) is 9.13 Å². The smallest absolute Gasteiger partial charge is 0.0547 e. The third-order valence-electron chi connectivity index (χ3n) is 9.98. The summed E-state index contributed by atoms with van der Waals surface area (Å²) >= 11 is 0. The number of allylic oxidation sites excluding steroid dienone is 5. The molecule has 0 amide bonds. The summed E-state index contributed by atoms with van der Waals surface area (Å²) < 4.78 is 4.80. The van der Waals surface area contributed by atoms with Crippen molar-refractivity contribution in [3.8, 4) is 33.6 Å². The lowest BCUT2D eigenvalue weighted by atomic mass is 9.86. The number of benzene rings is 7. The van der Waals surface area contributed by atoms with Crippen LogP contribution in [0, 0.1) is 0 Å². The Morgan fingerprint density at radius 1 is 0.471 bits per heavy atom. The highest BCUT2D eigenvalue weighted by Crippen LogP contribution is 2.45. The summed E-state index contributed by atoms with van der Waals surface area (Å²) in [7, 11) is 0. The standard InChI is InChI=1S/C49H36N2/c1-3-18-34(19-4-2)40-32-48-44(38-26-14-16-28-46(38)50(48)36-22-10-6-11-23-36)30-42(40)43-31-45-39-27-15-17-29-47(39)51(37-24-12-7-13-25-37)49(45)33-41(43)35-20-8-5-9-21-35/h3-33H,1H2,2H3/b19-4-,34-18+. The molecule has 9 aromatic rings. The molecule has 0 N–H and O–H groups in total. The number of para-hydroxylation sites is 4. The van der Waals surface area contributed by atoms with E-state index in [1.54, 1.807) is 0 Å². The minimum Gasteiger partial charge on any atom is -0.309 e. The van der Waals surface area contributed by atoms with Crippen LogP contribution in [0.25, 0.3) is 82.8 Å². The van der Waals surface area contributed by atoms with Crippen LogP contribution in [0.1, 0.15) is 12.5 Å². The van der Waals surface area contributed by atoms with Crippen LogP contribution in [0.4, 0.5) is 0 Å². The van der Waals surface area contributed by atoms with Crippen molar-refractivity contribution >= 4 is 49.2 Å². The number of hydrogen-bond acceptors (Lipinski definition) is 0. The second-order valence-electron chi connectivity index (χ2n) is 12.9. The highest BCUT2D eigenvalue weighted by molar-refractivity contribution is 6.16. The molecule has 0 unspecified atom stereocenters. The highest BCUT2D eigenvalue weighted by Gasteiger charge is 2.22. The molecule has 2 nitrogen and oxygen atoms in total. The first kappa shape index (κ1) is 30.4. The van der Waals surface area contributed by atoms with Gasteiger partial charge in [-0.2, -0.15) is 0 Å². The number of fused-ring (bicyclic) bond motifs is 6. The van der Waals surface area contributed by atoms with Gasteiger partial charge in [0.1, 0.15) is 0 Å². The Morgan fingerprint density at radius 3 is 1.51 bits per heavy atom. The third kappa shape index (κ3) is 5.04. The fourth-order valence-electron chi connectivity index (χ4n) is 7.82. The number of aromatic nitrogens is 2. The largest absolute Gasteiger partial charge is 0.309 e. The van der Waals surface area contributed by atoms with Crippen LogP contribution < -0.4 is 0 Å². The van der Waals surface area contributed by atoms with Crippen LogP contribution in [-0.2, 0) is 0 Å². The van der Waals surface area contributed by atoms with Gasteiger partial charge in [-0.05, 0) is 101 Å². The first-order chi connectivity index (χ1) is 25.2. The maximum absolute atomic E-state index is 4.13. The predicted octanol–water partition coefficient (Wildman–Crippen LogP) is 13.4. The molecule has 0 fully saturated rings. The Morgan fingerprint density at radius 2 is 0.961 bits per heavy atom. The summed E-state index contributed by atoms with van der Waals surface area (Å²) in [6.07, 6.45) is 8.34. The van der Waals surface area contributed by atoms with E-state index in [-0.39, 0.29) is 0 Å². The fraction of sp³-hybridized carbons (Fsp3) is 0.0204.